The minimum atomic E-state index is -0.608. The van der Waals surface area contributed by atoms with Gasteiger partial charge in [-0.05, 0) is 42.7 Å². The number of para-hydroxylation sites is 1. The van der Waals surface area contributed by atoms with Crippen LogP contribution in [-0.2, 0) is 9.59 Å². The van der Waals surface area contributed by atoms with Crippen molar-refractivity contribution in [1.82, 2.24) is 10.2 Å². The Morgan fingerprint density at radius 1 is 1.07 bits per heavy atom. The summed E-state index contributed by atoms with van der Waals surface area (Å²) >= 11 is 0. The third-order valence-electron chi connectivity index (χ3n) is 4.25. The summed E-state index contributed by atoms with van der Waals surface area (Å²) in [4.78, 5) is 37.8. The number of hydrogen-bond acceptors (Lipinski definition) is 3. The van der Waals surface area contributed by atoms with Crippen LogP contribution in [0, 0.1) is 6.92 Å². The summed E-state index contributed by atoms with van der Waals surface area (Å²) in [6, 6.07) is 16.3. The highest BCUT2D eigenvalue weighted by Crippen LogP contribution is 2.16. The molecule has 2 aromatic carbocycles. The summed E-state index contributed by atoms with van der Waals surface area (Å²) in [7, 11) is 0. The van der Waals surface area contributed by atoms with Crippen molar-refractivity contribution < 1.29 is 14.4 Å². The second-order valence-electron chi connectivity index (χ2n) is 6.54. The lowest BCUT2D eigenvalue weighted by molar-refractivity contribution is -0.127. The predicted molar refractivity (Wildman–Crippen MR) is 108 cm³/mol. The fourth-order valence-corrected chi connectivity index (χ4v) is 2.84. The fourth-order valence-electron chi connectivity index (χ4n) is 2.84. The van der Waals surface area contributed by atoms with Crippen LogP contribution in [0.2, 0.25) is 0 Å². The van der Waals surface area contributed by atoms with E-state index in [0.29, 0.717) is 5.69 Å². The van der Waals surface area contributed by atoms with Crippen molar-refractivity contribution in [2.24, 2.45) is 0 Å². The summed E-state index contributed by atoms with van der Waals surface area (Å²) in [6.07, 6.45) is 3.51. The van der Waals surface area contributed by atoms with Gasteiger partial charge in [0.2, 0.25) is 5.91 Å². The molecule has 0 aliphatic carbocycles. The van der Waals surface area contributed by atoms with Crippen LogP contribution in [0.1, 0.15) is 18.1 Å². The molecule has 0 atom stereocenters. The topological polar surface area (TPSA) is 78.5 Å². The number of nitrogens with zero attached hydrogens (tertiary/aromatic N) is 1. The molecule has 1 aliphatic rings. The van der Waals surface area contributed by atoms with Gasteiger partial charge in [0, 0.05) is 5.69 Å². The Kier molecular flexibility index (Phi) is 5.69. The van der Waals surface area contributed by atoms with Gasteiger partial charge >= 0.3 is 6.03 Å². The molecule has 0 radical (unpaired) electrons. The molecule has 3 rings (SSSR count). The number of aryl methyl sites for hydroxylation is 1. The average Bonchev–Trinajstić information content (AvgIpc) is 2.91. The molecule has 1 heterocycles. The monoisotopic (exact) mass is 375 g/mol. The van der Waals surface area contributed by atoms with Gasteiger partial charge in [0.1, 0.15) is 12.2 Å². The van der Waals surface area contributed by atoms with Gasteiger partial charge in [-0.15, -0.1) is 0 Å². The first-order chi connectivity index (χ1) is 13.4. The standard InChI is InChI=1S/C22H21N3O3/c1-15(12-17-9-4-3-5-10-17)13-19-21(27)25(22(28)24-19)14-20(26)23-18-11-7-6-8-16(18)2/h3-13H,14H2,1-2H3,(H,23,26)(H,24,28)/b15-12+,19-13-. The van der Waals surface area contributed by atoms with Gasteiger partial charge in [0.05, 0.1) is 0 Å². The van der Waals surface area contributed by atoms with Gasteiger partial charge in [-0.1, -0.05) is 54.6 Å². The number of benzene rings is 2. The van der Waals surface area contributed by atoms with E-state index in [0.717, 1.165) is 21.6 Å². The van der Waals surface area contributed by atoms with Gasteiger partial charge in [-0.25, -0.2) is 9.69 Å². The van der Waals surface area contributed by atoms with E-state index in [1.807, 2.05) is 62.4 Å². The lowest BCUT2D eigenvalue weighted by atomic mass is 10.1. The first-order valence-corrected chi connectivity index (χ1v) is 8.87. The zero-order valence-corrected chi connectivity index (χ0v) is 15.7. The largest absolute Gasteiger partial charge is 0.329 e. The molecule has 1 fully saturated rings. The van der Waals surface area contributed by atoms with Crippen molar-refractivity contribution in [1.29, 1.82) is 0 Å². The summed E-state index contributed by atoms with van der Waals surface area (Å²) in [5.74, 6) is -0.957. The molecule has 1 aliphatic heterocycles. The van der Waals surface area contributed by atoms with Crippen molar-refractivity contribution in [3.63, 3.8) is 0 Å². The fraction of sp³-hybridized carbons (Fsp3) is 0.136. The van der Waals surface area contributed by atoms with Crippen LogP contribution in [0.15, 0.2) is 71.9 Å². The first kappa shape index (κ1) is 19.1. The molecule has 1 saturated heterocycles. The Labute approximate surface area is 163 Å². The average molecular weight is 375 g/mol. The smallest absolute Gasteiger partial charge is 0.324 e. The van der Waals surface area contributed by atoms with E-state index in [4.69, 9.17) is 0 Å². The number of imide groups is 1. The van der Waals surface area contributed by atoms with Crippen molar-refractivity contribution in [3.8, 4) is 0 Å². The lowest BCUT2D eigenvalue weighted by Crippen LogP contribution is -2.38. The number of urea groups is 1. The number of allylic oxidation sites excluding steroid dienone is 2. The number of carbonyl (C=O) groups excluding carboxylic acids is 3. The highest BCUT2D eigenvalue weighted by Gasteiger charge is 2.34. The third-order valence-corrected chi connectivity index (χ3v) is 4.25. The molecule has 6 nitrogen and oxygen atoms in total. The van der Waals surface area contributed by atoms with E-state index in [1.54, 1.807) is 18.2 Å². The normalized spacial score (nSPS) is 15.7. The maximum absolute atomic E-state index is 12.5. The molecule has 0 unspecified atom stereocenters. The molecule has 28 heavy (non-hydrogen) atoms. The highest BCUT2D eigenvalue weighted by molar-refractivity contribution is 6.14. The van der Waals surface area contributed by atoms with Crippen molar-refractivity contribution >= 4 is 29.6 Å². The molecule has 0 saturated carbocycles. The predicted octanol–water partition coefficient (Wildman–Crippen LogP) is 3.47. The van der Waals surface area contributed by atoms with Crippen LogP contribution in [-0.4, -0.2) is 29.3 Å². The number of rotatable bonds is 5. The van der Waals surface area contributed by atoms with Gasteiger partial charge in [-0.3, -0.25) is 9.59 Å². The minimum Gasteiger partial charge on any atom is -0.324 e. The molecular weight excluding hydrogens is 354 g/mol. The van der Waals surface area contributed by atoms with E-state index >= 15 is 0 Å². The summed E-state index contributed by atoms with van der Waals surface area (Å²) in [5.41, 5.74) is 3.50. The molecule has 0 aromatic heterocycles. The van der Waals surface area contributed by atoms with E-state index in [2.05, 4.69) is 10.6 Å². The molecular formula is C22H21N3O3. The van der Waals surface area contributed by atoms with E-state index in [1.165, 1.54) is 0 Å². The Morgan fingerprint density at radius 2 is 1.75 bits per heavy atom. The van der Waals surface area contributed by atoms with E-state index in [-0.39, 0.29) is 12.2 Å². The number of amides is 4. The van der Waals surface area contributed by atoms with Crippen LogP contribution < -0.4 is 10.6 Å². The quantitative estimate of drug-likeness (QED) is 0.620. The summed E-state index contributed by atoms with van der Waals surface area (Å²) < 4.78 is 0. The molecule has 142 valence electrons. The van der Waals surface area contributed by atoms with Gasteiger partial charge < -0.3 is 10.6 Å². The maximum atomic E-state index is 12.5. The Morgan fingerprint density at radius 3 is 2.46 bits per heavy atom. The number of hydrogen-bond donors (Lipinski definition) is 2. The SMILES string of the molecule is CC(/C=C1\NC(=O)N(CC(=O)Nc2ccccc2C)C1=O)=C\c1ccccc1. The Hall–Kier alpha value is -3.67. The Balaban J connectivity index is 1.68. The van der Waals surface area contributed by atoms with Crippen LogP contribution in [0.4, 0.5) is 10.5 Å². The molecule has 0 bridgehead atoms. The molecule has 4 amide bonds. The van der Waals surface area contributed by atoms with E-state index < -0.39 is 17.8 Å². The maximum Gasteiger partial charge on any atom is 0.329 e. The minimum absolute atomic E-state index is 0.151. The molecule has 2 N–H and O–H groups in total. The van der Waals surface area contributed by atoms with Crippen molar-refractivity contribution in [3.05, 3.63) is 83.1 Å². The lowest BCUT2D eigenvalue weighted by Gasteiger charge is -2.13. The number of anilines is 1. The van der Waals surface area contributed by atoms with Gasteiger partial charge in [0.25, 0.3) is 5.91 Å². The Bertz CT molecular complexity index is 978. The van der Waals surface area contributed by atoms with Crippen LogP contribution in [0.3, 0.4) is 0 Å². The molecule has 6 heteroatoms. The van der Waals surface area contributed by atoms with Crippen LogP contribution >= 0.6 is 0 Å². The second-order valence-corrected chi connectivity index (χ2v) is 6.54. The molecule has 2 aromatic rings. The first-order valence-electron chi connectivity index (χ1n) is 8.87. The number of nitrogens with one attached hydrogen (secondary N) is 2. The van der Waals surface area contributed by atoms with E-state index in [9.17, 15) is 14.4 Å². The van der Waals surface area contributed by atoms with Gasteiger partial charge in [-0.2, -0.15) is 0 Å². The number of carbonyl (C=O) groups is 3. The second kappa shape index (κ2) is 8.35. The van der Waals surface area contributed by atoms with Gasteiger partial charge in [0.15, 0.2) is 0 Å². The van der Waals surface area contributed by atoms with Crippen LogP contribution in [0.25, 0.3) is 6.08 Å². The van der Waals surface area contributed by atoms with Crippen molar-refractivity contribution in [2.75, 3.05) is 11.9 Å². The zero-order valence-electron chi connectivity index (χ0n) is 15.7. The molecule has 0 spiro atoms. The summed E-state index contributed by atoms with van der Waals surface area (Å²) in [5, 5.41) is 5.25. The zero-order chi connectivity index (χ0) is 20.1. The van der Waals surface area contributed by atoms with Crippen LogP contribution in [0.5, 0.6) is 0 Å². The highest BCUT2D eigenvalue weighted by atomic mass is 16.2. The summed E-state index contributed by atoms with van der Waals surface area (Å²) in [6.45, 7) is 3.36. The van der Waals surface area contributed by atoms with Crippen molar-refractivity contribution in [2.45, 2.75) is 13.8 Å². The third kappa shape index (κ3) is 4.54.